The first-order chi connectivity index (χ1) is 11.9. The van der Waals surface area contributed by atoms with E-state index in [-0.39, 0.29) is 5.57 Å². The van der Waals surface area contributed by atoms with Crippen LogP contribution in [0, 0.1) is 0 Å². The van der Waals surface area contributed by atoms with Crippen LogP contribution in [0.15, 0.2) is 24.3 Å². The van der Waals surface area contributed by atoms with E-state index in [0.717, 1.165) is 13.0 Å². The van der Waals surface area contributed by atoms with Gasteiger partial charge in [-0.2, -0.15) is 0 Å². The Morgan fingerprint density at radius 1 is 0.846 bits per heavy atom. The van der Waals surface area contributed by atoms with Gasteiger partial charge in [-0.15, -0.1) is 0 Å². The van der Waals surface area contributed by atoms with E-state index >= 15 is 0 Å². The molecule has 0 fully saturated rings. The summed E-state index contributed by atoms with van der Waals surface area (Å²) in [6, 6.07) is 0. The van der Waals surface area contributed by atoms with Crippen molar-refractivity contribution in [1.82, 2.24) is 9.80 Å². The summed E-state index contributed by atoms with van der Waals surface area (Å²) in [7, 11) is 3.92. The fourth-order valence-electron chi connectivity index (χ4n) is 1.98. The predicted octanol–water partition coefficient (Wildman–Crippen LogP) is 1.36. The Morgan fingerprint density at radius 2 is 1.19 bits per heavy atom. The molecule has 8 nitrogen and oxygen atoms in total. The summed E-state index contributed by atoms with van der Waals surface area (Å²) in [4.78, 5) is 24.2. The smallest absolute Gasteiger partial charge is 0.330 e. The van der Waals surface area contributed by atoms with Gasteiger partial charge in [-0.3, -0.25) is 4.90 Å². The summed E-state index contributed by atoms with van der Waals surface area (Å²) >= 11 is 0. The maximum absolute atomic E-state index is 10.4. The van der Waals surface area contributed by atoms with Crippen LogP contribution < -0.4 is 0 Å². The summed E-state index contributed by atoms with van der Waals surface area (Å²) in [5.41, 5.74) is 0.443. The molecule has 0 radical (unpaired) electrons. The van der Waals surface area contributed by atoms with E-state index in [4.69, 9.17) is 10.2 Å². The zero-order chi connectivity index (χ0) is 20.9. The van der Waals surface area contributed by atoms with E-state index in [9.17, 15) is 19.8 Å². The summed E-state index contributed by atoms with van der Waals surface area (Å²) in [6.07, 6.45) is 0.837. The van der Waals surface area contributed by atoms with Crippen molar-refractivity contribution < 1.29 is 30.0 Å². The third-order valence-corrected chi connectivity index (χ3v) is 3.54. The zero-order valence-electron chi connectivity index (χ0n) is 16.3. The number of aliphatic carboxylic acids is 2. The Hall–Kier alpha value is -1.74. The van der Waals surface area contributed by atoms with Gasteiger partial charge in [0.05, 0.1) is 0 Å². The van der Waals surface area contributed by atoms with Crippen LogP contribution in [-0.2, 0) is 9.59 Å². The van der Waals surface area contributed by atoms with Crippen LogP contribution in [0.3, 0.4) is 0 Å². The standard InChI is InChI=1S/C10H19NO4.C8H15NO2/c1-7(10(14)15)5-4-6-11(8(2)12)9(3)13;1-7(8(10)11)5-4-6-9(2)3/h8-9,12-13H,1,4-6H2,2-3H3,(H,14,15);1,4-6H2,2-3H3,(H,10,11). The molecule has 0 heterocycles. The number of carbonyl (C=O) groups is 2. The summed E-state index contributed by atoms with van der Waals surface area (Å²) in [5.74, 6) is -1.89. The van der Waals surface area contributed by atoms with E-state index < -0.39 is 24.4 Å². The van der Waals surface area contributed by atoms with E-state index in [1.165, 1.54) is 4.90 Å². The van der Waals surface area contributed by atoms with Crippen molar-refractivity contribution in [2.24, 2.45) is 0 Å². The van der Waals surface area contributed by atoms with Gasteiger partial charge >= 0.3 is 11.9 Å². The van der Waals surface area contributed by atoms with Crippen LogP contribution in [-0.4, -0.2) is 81.8 Å². The number of rotatable bonds is 12. The van der Waals surface area contributed by atoms with Crippen LogP contribution in [0.25, 0.3) is 0 Å². The first kappa shape index (κ1) is 26.5. The largest absolute Gasteiger partial charge is 0.478 e. The average Bonchev–Trinajstić information content (AvgIpc) is 2.50. The molecule has 0 aliphatic rings. The van der Waals surface area contributed by atoms with Crippen molar-refractivity contribution in [3.63, 3.8) is 0 Å². The van der Waals surface area contributed by atoms with Gasteiger partial charge in [0.25, 0.3) is 0 Å². The van der Waals surface area contributed by atoms with Crippen LogP contribution in [0.4, 0.5) is 0 Å². The second-order valence-corrected chi connectivity index (χ2v) is 6.33. The highest BCUT2D eigenvalue weighted by molar-refractivity contribution is 5.85. The van der Waals surface area contributed by atoms with Gasteiger partial charge in [0.1, 0.15) is 12.5 Å². The Balaban J connectivity index is 0. The monoisotopic (exact) mass is 374 g/mol. The second kappa shape index (κ2) is 14.4. The molecule has 0 aliphatic carbocycles. The molecule has 0 aromatic carbocycles. The fourth-order valence-corrected chi connectivity index (χ4v) is 1.98. The van der Waals surface area contributed by atoms with Crippen LogP contribution in [0.2, 0.25) is 0 Å². The van der Waals surface area contributed by atoms with Crippen molar-refractivity contribution in [3.8, 4) is 0 Å². The first-order valence-corrected chi connectivity index (χ1v) is 8.48. The van der Waals surface area contributed by atoms with Gasteiger partial charge in [-0.1, -0.05) is 13.2 Å². The molecule has 0 aromatic heterocycles. The lowest BCUT2D eigenvalue weighted by molar-refractivity contribution is -0.133. The lowest BCUT2D eigenvalue weighted by Crippen LogP contribution is -2.40. The molecule has 0 saturated heterocycles. The molecule has 4 N–H and O–H groups in total. The van der Waals surface area contributed by atoms with Crippen LogP contribution in [0.5, 0.6) is 0 Å². The molecule has 8 heteroatoms. The highest BCUT2D eigenvalue weighted by atomic mass is 16.4. The minimum absolute atomic E-state index is 0.145. The average molecular weight is 374 g/mol. The summed E-state index contributed by atoms with van der Waals surface area (Å²) in [6.45, 7) is 11.3. The molecule has 152 valence electrons. The third kappa shape index (κ3) is 14.6. The van der Waals surface area contributed by atoms with E-state index in [2.05, 4.69) is 13.2 Å². The topological polar surface area (TPSA) is 122 Å². The van der Waals surface area contributed by atoms with Crippen molar-refractivity contribution in [3.05, 3.63) is 24.3 Å². The van der Waals surface area contributed by atoms with Crippen molar-refractivity contribution in [1.29, 1.82) is 0 Å². The van der Waals surface area contributed by atoms with Gasteiger partial charge in [-0.05, 0) is 60.2 Å². The Kier molecular flexibility index (Phi) is 14.7. The van der Waals surface area contributed by atoms with Crippen molar-refractivity contribution in [2.45, 2.75) is 52.0 Å². The predicted molar refractivity (Wildman–Crippen MR) is 101 cm³/mol. The van der Waals surface area contributed by atoms with Crippen molar-refractivity contribution in [2.75, 3.05) is 27.2 Å². The number of hydrogen-bond acceptors (Lipinski definition) is 6. The maximum Gasteiger partial charge on any atom is 0.330 e. The molecule has 0 amide bonds. The highest BCUT2D eigenvalue weighted by Gasteiger charge is 2.15. The summed E-state index contributed by atoms with van der Waals surface area (Å²) < 4.78 is 0. The van der Waals surface area contributed by atoms with Gasteiger partial charge in [-0.25, -0.2) is 9.59 Å². The van der Waals surface area contributed by atoms with Crippen molar-refractivity contribution >= 4 is 11.9 Å². The third-order valence-electron chi connectivity index (χ3n) is 3.54. The molecule has 2 unspecified atom stereocenters. The number of hydrogen-bond donors (Lipinski definition) is 4. The molecule has 0 aromatic rings. The fraction of sp³-hybridized carbons (Fsp3) is 0.667. The number of carboxylic acid groups (broad SMARTS) is 2. The molecule has 0 rings (SSSR count). The number of aliphatic hydroxyl groups excluding tert-OH is 2. The molecular weight excluding hydrogens is 340 g/mol. The van der Waals surface area contributed by atoms with E-state index in [0.29, 0.717) is 31.4 Å². The second-order valence-electron chi connectivity index (χ2n) is 6.33. The highest BCUT2D eigenvalue weighted by Crippen LogP contribution is 2.07. The van der Waals surface area contributed by atoms with E-state index in [1.807, 2.05) is 19.0 Å². The lowest BCUT2D eigenvalue weighted by atomic mass is 10.1. The Bertz CT molecular complexity index is 453. The molecule has 26 heavy (non-hydrogen) atoms. The normalized spacial score (nSPS) is 12.9. The molecular formula is C18H34N2O6. The molecule has 2 atom stereocenters. The maximum atomic E-state index is 10.4. The number of carboxylic acids is 2. The van der Waals surface area contributed by atoms with Gasteiger partial charge in [0, 0.05) is 17.7 Å². The molecule has 0 bridgehead atoms. The van der Waals surface area contributed by atoms with Gasteiger partial charge in [0.15, 0.2) is 0 Å². The van der Waals surface area contributed by atoms with Gasteiger partial charge < -0.3 is 25.3 Å². The SMILES string of the molecule is C=C(CCCN(C(C)O)C(C)O)C(=O)O.C=C(CCCN(C)C)C(=O)O. The molecule has 0 aliphatic heterocycles. The lowest BCUT2D eigenvalue weighted by Gasteiger charge is -2.27. The quantitative estimate of drug-likeness (QED) is 0.298. The minimum atomic E-state index is -1.00. The summed E-state index contributed by atoms with van der Waals surface area (Å²) in [5, 5.41) is 35.6. The van der Waals surface area contributed by atoms with Crippen LogP contribution >= 0.6 is 0 Å². The number of aliphatic hydroxyl groups is 2. The molecule has 0 saturated carbocycles. The Labute approximate surface area is 156 Å². The zero-order valence-corrected chi connectivity index (χ0v) is 16.3. The number of nitrogens with zero attached hydrogens (tertiary/aromatic N) is 2. The van der Waals surface area contributed by atoms with Gasteiger partial charge in [0.2, 0.25) is 0 Å². The first-order valence-electron chi connectivity index (χ1n) is 8.48. The molecule has 0 spiro atoms. The Morgan fingerprint density at radius 3 is 1.46 bits per heavy atom. The minimum Gasteiger partial charge on any atom is -0.478 e. The van der Waals surface area contributed by atoms with E-state index in [1.54, 1.807) is 13.8 Å². The van der Waals surface area contributed by atoms with Crippen LogP contribution in [0.1, 0.15) is 39.5 Å².